The number of fused-ring (bicyclic) bond motifs is 3. The molecule has 3 aromatic rings. The molecule has 0 fully saturated rings. The van der Waals surface area contributed by atoms with Gasteiger partial charge >= 0.3 is 68.9 Å². The maximum absolute atomic E-state index is 2.43. The Bertz CT molecular complexity index is 636. The fourth-order valence-corrected chi connectivity index (χ4v) is 4.88. The first kappa shape index (κ1) is 15.0. The standard InChI is InChI=1S/C16H17Si.Cs/c1-17(2,3)16-14-10-6-4-8-12(14)13-9-5-7-11-15(13)16;/h4-11H,1-3H3;/q-1;+1. The van der Waals surface area contributed by atoms with Crippen LogP contribution in [-0.2, 0) is 0 Å². The molecular formula is C16H17CsSi. The molecule has 0 aliphatic carbocycles. The number of hydrogen-bond donors (Lipinski definition) is 0. The van der Waals surface area contributed by atoms with Gasteiger partial charge in [0.15, 0.2) is 0 Å². The Hall–Kier alpha value is 0.579. The largest absolute Gasteiger partial charge is 1.00 e. The summed E-state index contributed by atoms with van der Waals surface area (Å²) in [4.78, 5) is 0. The molecule has 2 heteroatoms. The van der Waals surface area contributed by atoms with Crippen LogP contribution in [0.25, 0.3) is 21.5 Å². The molecule has 0 amide bonds. The molecular weight excluding hydrogens is 353 g/mol. The molecule has 3 aromatic carbocycles. The van der Waals surface area contributed by atoms with Crippen LogP contribution < -0.4 is 74.1 Å². The maximum atomic E-state index is 2.43. The molecule has 0 spiro atoms. The van der Waals surface area contributed by atoms with Gasteiger partial charge in [-0.1, -0.05) is 56.0 Å². The van der Waals surface area contributed by atoms with Crippen LogP contribution in [0.15, 0.2) is 48.5 Å². The van der Waals surface area contributed by atoms with Crippen molar-refractivity contribution in [2.24, 2.45) is 0 Å². The van der Waals surface area contributed by atoms with Crippen LogP contribution in [0.2, 0.25) is 19.6 Å². The Labute approximate surface area is 169 Å². The van der Waals surface area contributed by atoms with Crippen molar-refractivity contribution in [1.29, 1.82) is 0 Å². The van der Waals surface area contributed by atoms with E-state index >= 15 is 0 Å². The van der Waals surface area contributed by atoms with Gasteiger partial charge in [0.1, 0.15) is 0 Å². The minimum Gasteiger partial charge on any atom is -0.122 e. The van der Waals surface area contributed by atoms with Gasteiger partial charge in [-0.05, 0) is 0 Å². The molecule has 18 heavy (non-hydrogen) atoms. The Balaban J connectivity index is 0.00000120. The van der Waals surface area contributed by atoms with Crippen LogP contribution in [0.4, 0.5) is 0 Å². The van der Waals surface area contributed by atoms with Crippen molar-refractivity contribution in [3.8, 4) is 0 Å². The normalized spacial score (nSPS) is 11.7. The summed E-state index contributed by atoms with van der Waals surface area (Å²) in [5, 5.41) is 7.38. The van der Waals surface area contributed by atoms with Crippen molar-refractivity contribution < 1.29 is 68.9 Å². The molecule has 0 saturated heterocycles. The molecule has 0 heterocycles. The first-order valence-corrected chi connectivity index (χ1v) is 9.65. The van der Waals surface area contributed by atoms with E-state index in [1.807, 2.05) is 0 Å². The van der Waals surface area contributed by atoms with E-state index in [4.69, 9.17) is 0 Å². The second-order valence-corrected chi connectivity index (χ2v) is 10.7. The minimum atomic E-state index is -1.31. The molecule has 3 rings (SSSR count). The van der Waals surface area contributed by atoms with Crippen LogP contribution in [0.3, 0.4) is 0 Å². The Morgan fingerprint density at radius 1 is 0.722 bits per heavy atom. The predicted molar refractivity (Wildman–Crippen MR) is 80.0 cm³/mol. The van der Waals surface area contributed by atoms with Crippen LogP contribution >= 0.6 is 0 Å². The third-order valence-electron chi connectivity index (χ3n) is 3.43. The Kier molecular flexibility index (Phi) is 4.60. The van der Waals surface area contributed by atoms with Crippen LogP contribution in [-0.4, -0.2) is 8.07 Å². The molecule has 0 nitrogen and oxygen atoms in total. The molecule has 0 aliphatic heterocycles. The number of hydrogen-bond acceptors (Lipinski definition) is 0. The van der Waals surface area contributed by atoms with E-state index in [1.54, 1.807) is 5.19 Å². The summed E-state index contributed by atoms with van der Waals surface area (Å²) in [7, 11) is -1.31. The molecule has 0 N–H and O–H groups in total. The van der Waals surface area contributed by atoms with Gasteiger partial charge in [0.25, 0.3) is 0 Å². The van der Waals surface area contributed by atoms with E-state index in [2.05, 4.69) is 68.2 Å². The van der Waals surface area contributed by atoms with Gasteiger partial charge in [0.05, 0.1) is 0 Å². The van der Waals surface area contributed by atoms with Crippen molar-refractivity contribution >= 4 is 34.8 Å². The zero-order valence-electron chi connectivity index (χ0n) is 11.6. The topological polar surface area (TPSA) is 0 Å². The first-order chi connectivity index (χ1) is 8.09. The summed E-state index contributed by atoms with van der Waals surface area (Å²) in [6, 6.07) is 17.7. The molecule has 0 unspecified atom stereocenters. The van der Waals surface area contributed by atoms with E-state index < -0.39 is 8.07 Å². The monoisotopic (exact) mass is 370 g/mol. The Morgan fingerprint density at radius 3 is 1.50 bits per heavy atom. The van der Waals surface area contributed by atoms with Crippen molar-refractivity contribution in [3.63, 3.8) is 0 Å². The number of benzene rings is 2. The van der Waals surface area contributed by atoms with Gasteiger partial charge in [-0.2, -0.15) is 0 Å². The van der Waals surface area contributed by atoms with Crippen molar-refractivity contribution in [3.05, 3.63) is 48.5 Å². The van der Waals surface area contributed by atoms with E-state index in [9.17, 15) is 0 Å². The molecule has 0 bridgehead atoms. The molecule has 0 aromatic heterocycles. The fraction of sp³-hybridized carbons (Fsp3) is 0.188. The fourth-order valence-electron chi connectivity index (χ4n) is 2.83. The second kappa shape index (κ2) is 5.52. The SMILES string of the molecule is C[Si](C)(C)[c-]1c2ccccc2c2ccccc21.[Cs+]. The van der Waals surface area contributed by atoms with E-state index in [0.717, 1.165) is 0 Å². The second-order valence-electron chi connectivity index (χ2n) is 5.72. The summed E-state index contributed by atoms with van der Waals surface area (Å²) in [5.74, 6) is 0. The summed E-state index contributed by atoms with van der Waals surface area (Å²) in [5.41, 5.74) is 0. The van der Waals surface area contributed by atoms with Gasteiger partial charge in [-0.3, -0.25) is 0 Å². The van der Waals surface area contributed by atoms with Gasteiger partial charge in [0, 0.05) is 8.07 Å². The third kappa shape index (κ3) is 2.44. The first-order valence-electron chi connectivity index (χ1n) is 6.15. The molecule has 0 atom stereocenters. The van der Waals surface area contributed by atoms with Gasteiger partial charge in [-0.15, -0.1) is 38.9 Å². The van der Waals surface area contributed by atoms with E-state index in [1.165, 1.54) is 21.5 Å². The predicted octanol–water partition coefficient (Wildman–Crippen LogP) is 1.26. The van der Waals surface area contributed by atoms with Crippen molar-refractivity contribution in [2.75, 3.05) is 0 Å². The summed E-state index contributed by atoms with van der Waals surface area (Å²) in [6.45, 7) is 7.30. The number of rotatable bonds is 1. The summed E-state index contributed by atoms with van der Waals surface area (Å²) in [6.07, 6.45) is 0. The smallest absolute Gasteiger partial charge is 0.122 e. The molecule has 0 saturated carbocycles. The van der Waals surface area contributed by atoms with Crippen molar-refractivity contribution in [2.45, 2.75) is 19.6 Å². The zero-order valence-corrected chi connectivity index (χ0v) is 18.9. The molecule has 86 valence electrons. The average Bonchev–Trinajstić information content (AvgIpc) is 2.63. The van der Waals surface area contributed by atoms with Crippen LogP contribution in [0.1, 0.15) is 0 Å². The molecule has 0 aliphatic rings. The van der Waals surface area contributed by atoms with Crippen LogP contribution in [0, 0.1) is 0 Å². The maximum Gasteiger partial charge on any atom is 1.00 e. The minimum absolute atomic E-state index is 0. The van der Waals surface area contributed by atoms with Gasteiger partial charge in [-0.25, -0.2) is 0 Å². The van der Waals surface area contributed by atoms with Crippen LogP contribution in [0.5, 0.6) is 0 Å². The molecule has 0 radical (unpaired) electrons. The summed E-state index contributed by atoms with van der Waals surface area (Å²) >= 11 is 0. The van der Waals surface area contributed by atoms with Gasteiger partial charge < -0.3 is 0 Å². The van der Waals surface area contributed by atoms with Crippen molar-refractivity contribution in [1.82, 2.24) is 0 Å². The van der Waals surface area contributed by atoms with E-state index in [-0.39, 0.29) is 68.9 Å². The zero-order chi connectivity index (χ0) is 12.0. The summed E-state index contributed by atoms with van der Waals surface area (Å²) < 4.78 is 0. The third-order valence-corrected chi connectivity index (χ3v) is 5.47. The average molecular weight is 370 g/mol. The Morgan fingerprint density at radius 2 is 1.11 bits per heavy atom. The van der Waals surface area contributed by atoms with Gasteiger partial charge in [0.2, 0.25) is 0 Å². The quantitative estimate of drug-likeness (QED) is 0.447. The van der Waals surface area contributed by atoms with E-state index in [0.29, 0.717) is 0 Å².